The van der Waals surface area contributed by atoms with E-state index in [2.05, 4.69) is 40.7 Å². The maximum Gasteiger partial charge on any atom is 0.259 e. The number of pyridine rings is 2. The summed E-state index contributed by atoms with van der Waals surface area (Å²) in [6.07, 6.45) is 8.47. The minimum atomic E-state index is -0.309. The number of hydrogen-bond acceptors (Lipinski definition) is 6. The van der Waals surface area contributed by atoms with Gasteiger partial charge in [-0.3, -0.25) is 4.79 Å². The number of nitrogens with zero attached hydrogens (tertiary/aromatic N) is 4. The van der Waals surface area contributed by atoms with Crippen LogP contribution in [0.4, 0.5) is 0 Å². The lowest BCUT2D eigenvalue weighted by molar-refractivity contribution is 0.0320. The summed E-state index contributed by atoms with van der Waals surface area (Å²) in [4.78, 5) is 26.4. The first-order valence-electron chi connectivity index (χ1n) is 12.6. The Balaban J connectivity index is 1.61. The van der Waals surface area contributed by atoms with Gasteiger partial charge in [-0.2, -0.15) is 0 Å². The maximum absolute atomic E-state index is 13.5. The largest absolute Gasteiger partial charge is 0.472 e. The lowest BCUT2D eigenvalue weighted by Gasteiger charge is -2.38. The summed E-state index contributed by atoms with van der Waals surface area (Å²) in [5, 5.41) is 9.86. The molecule has 2 aromatic rings. The third-order valence-electron chi connectivity index (χ3n) is 7.06. The van der Waals surface area contributed by atoms with E-state index in [1.54, 1.807) is 23.4 Å². The smallest absolute Gasteiger partial charge is 0.259 e. The number of ether oxygens (including phenoxy) is 1. The van der Waals surface area contributed by atoms with Gasteiger partial charge in [-0.25, -0.2) is 9.97 Å². The van der Waals surface area contributed by atoms with Gasteiger partial charge in [-0.1, -0.05) is 31.8 Å². The lowest BCUT2D eigenvalue weighted by atomic mass is 9.99. The first-order chi connectivity index (χ1) is 16.9. The third-order valence-corrected chi connectivity index (χ3v) is 7.06. The summed E-state index contributed by atoms with van der Waals surface area (Å²) >= 11 is 0. The molecule has 0 spiro atoms. The summed E-state index contributed by atoms with van der Waals surface area (Å²) < 4.78 is 6.41. The second-order valence-electron chi connectivity index (χ2n) is 10.0. The number of carbonyl (C=O) groups excluding carboxylic acids is 1. The number of aromatic nitrogens is 2. The first-order valence-corrected chi connectivity index (χ1v) is 12.6. The number of amides is 1. The quantitative estimate of drug-likeness (QED) is 0.645. The fraction of sp³-hybridized carbons (Fsp3) is 0.536. The molecule has 186 valence electrons. The van der Waals surface area contributed by atoms with Gasteiger partial charge in [0.15, 0.2) is 0 Å². The topological polar surface area (TPSA) is 78.8 Å². The molecule has 1 saturated carbocycles. The molecule has 1 aliphatic heterocycles. The highest BCUT2D eigenvalue weighted by Crippen LogP contribution is 2.29. The normalized spacial score (nSPS) is 21.5. The Labute approximate surface area is 208 Å². The average Bonchev–Trinajstić information content (AvgIpc) is 3.38. The molecule has 3 heterocycles. The van der Waals surface area contributed by atoms with E-state index in [-0.39, 0.29) is 30.6 Å². The predicted octanol–water partition coefficient (Wildman–Crippen LogP) is 3.22. The van der Waals surface area contributed by atoms with E-state index in [1.807, 2.05) is 25.1 Å². The summed E-state index contributed by atoms with van der Waals surface area (Å²) in [6.45, 7) is 6.20. The highest BCUT2D eigenvalue weighted by molar-refractivity contribution is 5.97. The van der Waals surface area contributed by atoms with Gasteiger partial charge >= 0.3 is 0 Å². The zero-order valence-corrected chi connectivity index (χ0v) is 21.0. The molecule has 7 heteroatoms. The Bertz CT molecular complexity index is 1060. The first kappa shape index (κ1) is 25.2. The van der Waals surface area contributed by atoms with Gasteiger partial charge in [0, 0.05) is 43.5 Å². The van der Waals surface area contributed by atoms with Crippen molar-refractivity contribution in [3.05, 3.63) is 53.5 Å². The standard InChI is InChI=1S/C28H36N4O3/c1-20-16-32(21(2)19-33)28(34)25-14-23(11-12-24-10-6-7-13-29-24)15-30-27(25)35-26(20)18-31(3)17-22-8-4-5-9-22/h6-7,10,13-15,20-22,26,33H,4-5,8-9,16-19H2,1-3H3/t20-,21+,26+/m0/s1. The van der Waals surface area contributed by atoms with Crippen LogP contribution in [0.2, 0.25) is 0 Å². The third kappa shape index (κ3) is 6.39. The monoisotopic (exact) mass is 476 g/mol. The summed E-state index contributed by atoms with van der Waals surface area (Å²) in [6, 6.07) is 6.99. The Kier molecular flexibility index (Phi) is 8.37. The van der Waals surface area contributed by atoms with E-state index in [1.165, 1.54) is 25.7 Å². The highest BCUT2D eigenvalue weighted by atomic mass is 16.5. The second kappa shape index (κ2) is 11.7. The molecule has 3 atom stereocenters. The molecule has 0 saturated heterocycles. The van der Waals surface area contributed by atoms with E-state index >= 15 is 0 Å². The molecule has 2 aromatic heterocycles. The van der Waals surface area contributed by atoms with Gasteiger partial charge < -0.3 is 19.6 Å². The predicted molar refractivity (Wildman–Crippen MR) is 135 cm³/mol. The molecule has 0 bridgehead atoms. The molecule has 0 unspecified atom stereocenters. The molecular weight excluding hydrogens is 440 g/mol. The molecule has 7 nitrogen and oxygen atoms in total. The van der Waals surface area contributed by atoms with E-state index in [9.17, 15) is 9.90 Å². The molecule has 0 radical (unpaired) electrons. The number of aliphatic hydroxyl groups excluding tert-OH is 1. The molecule has 1 fully saturated rings. The van der Waals surface area contributed by atoms with Crippen molar-refractivity contribution < 1.29 is 14.6 Å². The number of hydrogen-bond donors (Lipinski definition) is 1. The van der Waals surface area contributed by atoms with E-state index < -0.39 is 0 Å². The van der Waals surface area contributed by atoms with Crippen LogP contribution in [0.1, 0.15) is 61.1 Å². The van der Waals surface area contributed by atoms with Crippen molar-refractivity contribution >= 4 is 5.91 Å². The van der Waals surface area contributed by atoms with Gasteiger partial charge in [-0.05, 0) is 56.9 Å². The zero-order chi connectivity index (χ0) is 24.8. The van der Waals surface area contributed by atoms with Crippen molar-refractivity contribution in [3.63, 3.8) is 0 Å². The summed E-state index contributed by atoms with van der Waals surface area (Å²) in [5.74, 6) is 7.05. The maximum atomic E-state index is 13.5. The van der Waals surface area contributed by atoms with Crippen molar-refractivity contribution in [2.24, 2.45) is 11.8 Å². The SMILES string of the molecule is C[C@H](CO)N1C[C@H](C)[C@@H](CN(C)CC2CCCC2)Oc2ncc(C#Cc3ccccn3)cc2C1=O. The van der Waals surface area contributed by atoms with Crippen LogP contribution >= 0.6 is 0 Å². The van der Waals surface area contributed by atoms with Gasteiger partial charge in [0.1, 0.15) is 17.4 Å². The number of fused-ring (bicyclic) bond motifs is 1. The Morgan fingerprint density at radius 1 is 1.23 bits per heavy atom. The van der Waals surface area contributed by atoms with Crippen LogP contribution in [0.25, 0.3) is 0 Å². The van der Waals surface area contributed by atoms with E-state index in [0.29, 0.717) is 29.2 Å². The summed E-state index contributed by atoms with van der Waals surface area (Å²) in [5.41, 5.74) is 1.65. The van der Waals surface area contributed by atoms with Crippen molar-refractivity contribution in [2.75, 3.05) is 33.3 Å². The molecule has 1 aliphatic carbocycles. The molecule has 4 rings (SSSR count). The van der Waals surface area contributed by atoms with Crippen LogP contribution in [-0.4, -0.2) is 76.2 Å². The molecule has 1 N–H and O–H groups in total. The van der Waals surface area contributed by atoms with Crippen molar-refractivity contribution in [2.45, 2.75) is 51.7 Å². The van der Waals surface area contributed by atoms with Crippen molar-refractivity contribution in [1.82, 2.24) is 19.8 Å². The second-order valence-corrected chi connectivity index (χ2v) is 10.0. The van der Waals surface area contributed by atoms with E-state index in [0.717, 1.165) is 19.0 Å². The minimum absolute atomic E-state index is 0.0811. The molecule has 0 aromatic carbocycles. The van der Waals surface area contributed by atoms with Gasteiger partial charge in [-0.15, -0.1) is 0 Å². The zero-order valence-electron chi connectivity index (χ0n) is 21.0. The van der Waals surface area contributed by atoms with Crippen molar-refractivity contribution in [1.29, 1.82) is 0 Å². The minimum Gasteiger partial charge on any atom is -0.472 e. The van der Waals surface area contributed by atoms with Crippen LogP contribution in [0.15, 0.2) is 36.7 Å². The Hall–Kier alpha value is -2.95. The van der Waals surface area contributed by atoms with Crippen LogP contribution in [-0.2, 0) is 0 Å². The Morgan fingerprint density at radius 3 is 2.74 bits per heavy atom. The van der Waals surface area contributed by atoms with Gasteiger partial charge in [0.05, 0.1) is 12.6 Å². The fourth-order valence-corrected chi connectivity index (χ4v) is 4.98. The molecule has 2 aliphatic rings. The lowest BCUT2D eigenvalue weighted by Crippen LogP contribution is -2.50. The van der Waals surface area contributed by atoms with E-state index in [4.69, 9.17) is 4.74 Å². The molecule has 35 heavy (non-hydrogen) atoms. The van der Waals surface area contributed by atoms with Crippen molar-refractivity contribution in [3.8, 4) is 17.7 Å². The highest BCUT2D eigenvalue weighted by Gasteiger charge is 2.34. The number of carbonyl (C=O) groups is 1. The average molecular weight is 477 g/mol. The Morgan fingerprint density at radius 2 is 2.03 bits per heavy atom. The number of aliphatic hydroxyl groups is 1. The van der Waals surface area contributed by atoms with Crippen LogP contribution in [0.3, 0.4) is 0 Å². The molecule has 1 amide bonds. The van der Waals surface area contributed by atoms with Crippen LogP contribution in [0.5, 0.6) is 5.88 Å². The van der Waals surface area contributed by atoms with Crippen LogP contribution in [0, 0.1) is 23.7 Å². The molecular formula is C28H36N4O3. The van der Waals surface area contributed by atoms with Gasteiger partial charge in [0.25, 0.3) is 5.91 Å². The fourth-order valence-electron chi connectivity index (χ4n) is 4.98. The summed E-state index contributed by atoms with van der Waals surface area (Å²) in [7, 11) is 2.15. The van der Waals surface area contributed by atoms with Crippen LogP contribution < -0.4 is 4.74 Å². The van der Waals surface area contributed by atoms with Gasteiger partial charge in [0.2, 0.25) is 5.88 Å². The number of likely N-dealkylation sites (N-methyl/N-ethyl adjacent to an activating group) is 1. The number of rotatable bonds is 6.